The molecule has 2 aromatic heterocycles. The normalized spacial score (nSPS) is 14.9. The van der Waals surface area contributed by atoms with Gasteiger partial charge in [-0.3, -0.25) is 14.5 Å². The van der Waals surface area contributed by atoms with Crippen molar-refractivity contribution in [1.82, 2.24) is 4.98 Å². The number of aryl methyl sites for hydroxylation is 1. The summed E-state index contributed by atoms with van der Waals surface area (Å²) in [6.45, 7) is 5.19. The molecule has 35 heavy (non-hydrogen) atoms. The second kappa shape index (κ2) is 8.86. The van der Waals surface area contributed by atoms with Crippen molar-refractivity contribution in [3.63, 3.8) is 0 Å². The largest absolute Gasteiger partial charge is 0.457 e. The maximum atomic E-state index is 13.9. The van der Waals surface area contributed by atoms with Gasteiger partial charge in [0.05, 0.1) is 22.7 Å². The van der Waals surface area contributed by atoms with Gasteiger partial charge < -0.3 is 9.15 Å². The van der Waals surface area contributed by atoms with Crippen molar-refractivity contribution < 1.29 is 23.1 Å². The molecule has 7 nitrogen and oxygen atoms in total. The van der Waals surface area contributed by atoms with Crippen LogP contribution in [0.15, 0.2) is 68.8 Å². The van der Waals surface area contributed by atoms with Gasteiger partial charge >= 0.3 is 5.97 Å². The first-order valence-electron chi connectivity index (χ1n) is 10.4. The molecule has 0 spiro atoms. The van der Waals surface area contributed by atoms with Gasteiger partial charge in [0.1, 0.15) is 22.9 Å². The summed E-state index contributed by atoms with van der Waals surface area (Å²) in [5, 5.41) is 0.228. The number of benzene rings is 2. The predicted octanol–water partition coefficient (Wildman–Crippen LogP) is 5.55. The molecule has 4 aromatic rings. The van der Waals surface area contributed by atoms with Crippen LogP contribution < -0.4 is 10.3 Å². The molecule has 0 bridgehead atoms. The summed E-state index contributed by atoms with van der Waals surface area (Å²) in [6.07, 6.45) is 1.45. The predicted molar refractivity (Wildman–Crippen MR) is 133 cm³/mol. The van der Waals surface area contributed by atoms with Crippen molar-refractivity contribution in [3.8, 4) is 0 Å². The van der Waals surface area contributed by atoms with E-state index in [0.717, 1.165) is 27.9 Å². The molecule has 10 heteroatoms. The van der Waals surface area contributed by atoms with Crippen molar-refractivity contribution >= 4 is 55.2 Å². The summed E-state index contributed by atoms with van der Waals surface area (Å²) >= 11 is 4.40. The molecule has 0 fully saturated rings. The molecule has 1 aliphatic rings. The van der Waals surface area contributed by atoms with Crippen LogP contribution in [-0.4, -0.2) is 23.5 Å². The summed E-state index contributed by atoms with van der Waals surface area (Å²) in [6, 6.07) is 9.78. The van der Waals surface area contributed by atoms with Crippen molar-refractivity contribution in [3.05, 3.63) is 103 Å². The van der Waals surface area contributed by atoms with Crippen LogP contribution in [0.3, 0.4) is 0 Å². The van der Waals surface area contributed by atoms with E-state index in [1.165, 1.54) is 17.0 Å². The zero-order valence-electron chi connectivity index (χ0n) is 18.2. The lowest BCUT2D eigenvalue weighted by molar-refractivity contribution is 0.0554. The molecule has 0 N–H and O–H groups in total. The maximum Gasteiger partial charge on any atom is 0.350 e. The third-order valence-corrected chi connectivity index (χ3v) is 7.14. The average molecular weight is 555 g/mol. The minimum Gasteiger partial charge on any atom is -0.457 e. The number of nitrogens with zero attached hydrogens (tertiary/aromatic N) is 2. The van der Waals surface area contributed by atoms with Crippen molar-refractivity contribution in [2.24, 2.45) is 0 Å². The fraction of sp³-hybridized carbons (Fsp3) is 0.120. The Morgan fingerprint density at radius 2 is 2.11 bits per heavy atom. The van der Waals surface area contributed by atoms with Crippen LogP contribution in [0, 0.1) is 12.7 Å². The maximum absolute atomic E-state index is 13.9. The number of aromatic nitrogens is 1. The first kappa shape index (κ1) is 23.1. The molecule has 0 radical (unpaired) electrons. The van der Waals surface area contributed by atoms with E-state index in [1.807, 2.05) is 6.07 Å². The van der Waals surface area contributed by atoms with E-state index in [-0.39, 0.29) is 38.9 Å². The number of rotatable bonds is 5. The molecule has 3 heterocycles. The summed E-state index contributed by atoms with van der Waals surface area (Å²) < 4.78 is 25.6. The van der Waals surface area contributed by atoms with Gasteiger partial charge in [0, 0.05) is 4.47 Å². The van der Waals surface area contributed by atoms with Crippen LogP contribution >= 0.6 is 27.3 Å². The molecule has 1 atom stereocenters. The highest BCUT2D eigenvalue weighted by Gasteiger charge is 2.45. The Labute approximate surface area is 210 Å². The van der Waals surface area contributed by atoms with Crippen LogP contribution in [0.1, 0.15) is 43.1 Å². The van der Waals surface area contributed by atoms with Crippen molar-refractivity contribution in [2.45, 2.75) is 13.0 Å². The Morgan fingerprint density at radius 1 is 1.31 bits per heavy atom. The first-order chi connectivity index (χ1) is 16.8. The average Bonchev–Trinajstić information content (AvgIpc) is 3.35. The van der Waals surface area contributed by atoms with Gasteiger partial charge in [0.25, 0.3) is 5.91 Å². The molecular formula is C25H16BrFN2O5S. The lowest BCUT2D eigenvalue weighted by Gasteiger charge is -2.22. The Hall–Kier alpha value is -3.63. The van der Waals surface area contributed by atoms with Crippen molar-refractivity contribution in [1.29, 1.82) is 0 Å². The summed E-state index contributed by atoms with van der Waals surface area (Å²) in [5.74, 6) is -1.93. The number of carbonyl (C=O) groups excluding carboxylic acids is 2. The number of carbonyl (C=O) groups is 2. The number of hydrogen-bond donors (Lipinski definition) is 0. The minimum absolute atomic E-state index is 0.0296. The molecule has 0 aliphatic carbocycles. The Kier molecular flexibility index (Phi) is 5.86. The van der Waals surface area contributed by atoms with E-state index >= 15 is 0 Å². The summed E-state index contributed by atoms with van der Waals surface area (Å²) in [4.78, 5) is 45.7. The van der Waals surface area contributed by atoms with E-state index in [1.54, 1.807) is 25.1 Å². The van der Waals surface area contributed by atoms with E-state index < -0.39 is 29.2 Å². The van der Waals surface area contributed by atoms with Gasteiger partial charge in [0.15, 0.2) is 10.6 Å². The number of amides is 1. The van der Waals surface area contributed by atoms with Crippen molar-refractivity contribution in [2.75, 3.05) is 11.5 Å². The topological polar surface area (TPSA) is 89.7 Å². The number of anilines is 1. The fourth-order valence-electron chi connectivity index (χ4n) is 4.01. The lowest BCUT2D eigenvalue weighted by Crippen LogP contribution is -2.29. The second-order valence-electron chi connectivity index (χ2n) is 7.75. The summed E-state index contributed by atoms with van der Waals surface area (Å²) in [7, 11) is 0. The molecule has 1 unspecified atom stereocenters. The highest BCUT2D eigenvalue weighted by molar-refractivity contribution is 9.10. The first-order valence-corrected chi connectivity index (χ1v) is 12.0. The van der Waals surface area contributed by atoms with Gasteiger partial charge in [0.2, 0.25) is 5.76 Å². The number of ether oxygens (including phenoxy) is 1. The minimum atomic E-state index is -0.901. The van der Waals surface area contributed by atoms with Crippen LogP contribution in [0.25, 0.3) is 11.0 Å². The molecule has 0 saturated heterocycles. The van der Waals surface area contributed by atoms with Crippen LogP contribution in [-0.2, 0) is 4.74 Å². The molecule has 1 aliphatic heterocycles. The highest BCUT2D eigenvalue weighted by Crippen LogP contribution is 2.43. The molecule has 5 rings (SSSR count). The Morgan fingerprint density at radius 3 is 2.86 bits per heavy atom. The number of thiazole rings is 1. The summed E-state index contributed by atoms with van der Waals surface area (Å²) in [5.41, 5.74) is 0.651. The van der Waals surface area contributed by atoms with E-state index in [4.69, 9.17) is 9.15 Å². The van der Waals surface area contributed by atoms with Gasteiger partial charge in [-0.15, -0.1) is 0 Å². The number of hydrogen-bond acceptors (Lipinski definition) is 7. The zero-order chi connectivity index (χ0) is 24.9. The third-order valence-electron chi connectivity index (χ3n) is 5.51. The van der Waals surface area contributed by atoms with Gasteiger partial charge in [-0.1, -0.05) is 52.1 Å². The smallest absolute Gasteiger partial charge is 0.350 e. The van der Waals surface area contributed by atoms with E-state index in [2.05, 4.69) is 27.5 Å². The SMILES string of the molecule is C=CCOC(=O)c1sc(N2C(=O)c3oc4ccc(F)cc4c(=O)c3C2c2cccc(Br)c2)nc1C. The molecule has 1 amide bonds. The lowest BCUT2D eigenvalue weighted by atomic mass is 9.99. The Bertz CT molecular complexity index is 1590. The van der Waals surface area contributed by atoms with Gasteiger partial charge in [-0.2, -0.15) is 0 Å². The zero-order valence-corrected chi connectivity index (χ0v) is 20.6. The fourth-order valence-corrected chi connectivity index (χ4v) is 5.41. The van der Waals surface area contributed by atoms with E-state index in [0.29, 0.717) is 11.3 Å². The third kappa shape index (κ3) is 3.88. The van der Waals surface area contributed by atoms with Crippen LogP contribution in [0.4, 0.5) is 9.52 Å². The van der Waals surface area contributed by atoms with Crippen LogP contribution in [0.2, 0.25) is 0 Å². The highest BCUT2D eigenvalue weighted by atomic mass is 79.9. The second-order valence-corrected chi connectivity index (χ2v) is 9.64. The van der Waals surface area contributed by atoms with Crippen LogP contribution in [0.5, 0.6) is 0 Å². The monoisotopic (exact) mass is 554 g/mol. The number of halogens is 2. The standard InChI is InChI=1S/C25H16BrFN2O5S/c1-3-9-33-24(32)22-12(2)28-25(35-22)29-19(13-5-4-6-14(26)10-13)18-20(30)16-11-15(27)7-8-17(16)34-21(18)23(29)31/h3-8,10-11,19H,1,9H2,2H3. The molecule has 176 valence electrons. The van der Waals surface area contributed by atoms with Gasteiger partial charge in [-0.25, -0.2) is 14.2 Å². The Balaban J connectivity index is 1.73. The van der Waals surface area contributed by atoms with E-state index in [9.17, 15) is 18.8 Å². The van der Waals surface area contributed by atoms with Gasteiger partial charge in [-0.05, 0) is 42.8 Å². The molecule has 2 aromatic carbocycles. The number of esters is 1. The molecule has 0 saturated carbocycles. The molecular weight excluding hydrogens is 539 g/mol. The quantitative estimate of drug-likeness (QED) is 0.237. The number of fused-ring (bicyclic) bond motifs is 2.